The maximum atomic E-state index is 13.5. The summed E-state index contributed by atoms with van der Waals surface area (Å²) in [6, 6.07) is 5.06. The Balaban J connectivity index is 1.57. The molecular formula is C21H26F2N4O3. The van der Waals surface area contributed by atoms with Gasteiger partial charge in [0.2, 0.25) is 0 Å². The summed E-state index contributed by atoms with van der Waals surface area (Å²) in [6.07, 6.45) is -0.491. The molecule has 30 heavy (non-hydrogen) atoms. The number of hydrogen-bond acceptors (Lipinski definition) is 6. The van der Waals surface area contributed by atoms with Gasteiger partial charge >= 0.3 is 5.97 Å². The molecule has 2 aromatic rings. The lowest BCUT2D eigenvalue weighted by molar-refractivity contribution is 0.0512. The second-order valence-corrected chi connectivity index (χ2v) is 7.74. The molecule has 1 aliphatic heterocycles. The maximum absolute atomic E-state index is 13.5. The van der Waals surface area contributed by atoms with E-state index in [0.717, 1.165) is 0 Å². The van der Waals surface area contributed by atoms with E-state index < -0.39 is 29.8 Å². The summed E-state index contributed by atoms with van der Waals surface area (Å²) in [4.78, 5) is 18.7. The van der Waals surface area contributed by atoms with Crippen molar-refractivity contribution in [1.29, 1.82) is 0 Å². The van der Waals surface area contributed by atoms with E-state index in [-0.39, 0.29) is 12.3 Å². The minimum Gasteiger partial charge on any atom is -0.461 e. The summed E-state index contributed by atoms with van der Waals surface area (Å²) in [5.41, 5.74) is 1.89. The molecule has 3 unspecified atom stereocenters. The number of alkyl halides is 2. The van der Waals surface area contributed by atoms with Crippen LogP contribution in [0, 0.1) is 11.8 Å². The number of hydrogen-bond donors (Lipinski definition) is 1. The van der Waals surface area contributed by atoms with Crippen molar-refractivity contribution in [3.63, 3.8) is 0 Å². The van der Waals surface area contributed by atoms with Crippen LogP contribution in [0.1, 0.15) is 54.3 Å². The van der Waals surface area contributed by atoms with Crippen molar-refractivity contribution in [2.24, 2.45) is 11.8 Å². The molecule has 2 fully saturated rings. The number of pyridine rings is 1. The highest BCUT2D eigenvalue weighted by atomic mass is 19.3. The van der Waals surface area contributed by atoms with Crippen LogP contribution in [0.4, 0.5) is 14.6 Å². The predicted octanol–water partition coefficient (Wildman–Crippen LogP) is 2.82. The first-order valence-corrected chi connectivity index (χ1v) is 10.4. The van der Waals surface area contributed by atoms with Crippen LogP contribution in [-0.2, 0) is 17.7 Å². The van der Waals surface area contributed by atoms with Gasteiger partial charge in [-0.2, -0.15) is 5.10 Å². The van der Waals surface area contributed by atoms with E-state index in [2.05, 4.69) is 10.1 Å². The first-order valence-electron chi connectivity index (χ1n) is 10.4. The monoisotopic (exact) mass is 420 g/mol. The molecule has 1 saturated carbocycles. The first-order chi connectivity index (χ1) is 14.3. The van der Waals surface area contributed by atoms with Crippen molar-refractivity contribution in [3.8, 4) is 0 Å². The number of piperidine rings is 1. The lowest BCUT2D eigenvalue weighted by Gasteiger charge is -2.23. The molecule has 0 aromatic carbocycles. The van der Waals surface area contributed by atoms with Crippen molar-refractivity contribution in [2.75, 3.05) is 24.6 Å². The van der Waals surface area contributed by atoms with E-state index in [4.69, 9.17) is 4.74 Å². The lowest BCUT2D eigenvalue weighted by Crippen LogP contribution is -2.28. The second kappa shape index (κ2) is 7.61. The number of esters is 1. The smallest absolute Gasteiger partial charge is 0.356 e. The summed E-state index contributed by atoms with van der Waals surface area (Å²) in [5.74, 6) is -3.52. The molecule has 3 heterocycles. The van der Waals surface area contributed by atoms with Crippen LogP contribution in [-0.4, -0.2) is 51.5 Å². The topological polar surface area (TPSA) is 80.5 Å². The summed E-state index contributed by atoms with van der Waals surface area (Å²) in [5, 5.41) is 15.3. The van der Waals surface area contributed by atoms with Crippen LogP contribution in [0.25, 0.3) is 0 Å². The van der Waals surface area contributed by atoms with E-state index in [1.54, 1.807) is 19.1 Å². The molecular weight excluding hydrogens is 394 g/mol. The second-order valence-electron chi connectivity index (χ2n) is 7.74. The molecule has 1 aliphatic carbocycles. The summed E-state index contributed by atoms with van der Waals surface area (Å²) in [7, 11) is 0. The van der Waals surface area contributed by atoms with E-state index in [0.29, 0.717) is 48.8 Å². The zero-order valence-electron chi connectivity index (χ0n) is 17.3. The van der Waals surface area contributed by atoms with Gasteiger partial charge < -0.3 is 14.7 Å². The Hall–Kier alpha value is -2.55. The number of nitrogens with zero attached hydrogens (tertiary/aromatic N) is 4. The van der Waals surface area contributed by atoms with Crippen molar-refractivity contribution < 1.29 is 23.4 Å². The Morgan fingerprint density at radius 3 is 2.60 bits per heavy atom. The molecule has 0 bridgehead atoms. The third-order valence-corrected chi connectivity index (χ3v) is 6.01. The quantitative estimate of drug-likeness (QED) is 0.694. The van der Waals surface area contributed by atoms with E-state index in [1.165, 1.54) is 10.7 Å². The van der Waals surface area contributed by atoms with Crippen molar-refractivity contribution in [3.05, 3.63) is 40.8 Å². The van der Waals surface area contributed by atoms with Gasteiger partial charge in [0.15, 0.2) is 0 Å². The standard InChI is InChI=1S/C21H26F2N4O3/c1-4-15-12(7-8-18(24-15)26-10-13-14(11-26)21(13,22)23)19(28)16-9-17(20(29)30-6-3)27(5-2)25-16/h7-9,13-14,19,28H,4-6,10-11H2,1-3H3. The zero-order valence-corrected chi connectivity index (χ0v) is 17.3. The number of carbonyl (C=O) groups excluding carboxylic acids is 1. The first kappa shape index (κ1) is 20.7. The number of aryl methyl sites for hydroxylation is 2. The molecule has 7 nitrogen and oxygen atoms in total. The van der Waals surface area contributed by atoms with Crippen LogP contribution in [0.15, 0.2) is 18.2 Å². The SMILES string of the molecule is CCOC(=O)c1cc(C(O)c2ccc(N3CC4C(C3)C4(F)F)nc2CC)nn1CC. The molecule has 0 spiro atoms. The van der Waals surface area contributed by atoms with Gasteiger partial charge in [0.05, 0.1) is 24.1 Å². The van der Waals surface area contributed by atoms with Crippen LogP contribution >= 0.6 is 0 Å². The Labute approximate surface area is 173 Å². The Morgan fingerprint density at radius 2 is 2.00 bits per heavy atom. The average Bonchev–Trinajstić information content (AvgIpc) is 3.17. The van der Waals surface area contributed by atoms with Gasteiger partial charge in [-0.1, -0.05) is 13.0 Å². The molecule has 162 valence electrons. The van der Waals surface area contributed by atoms with Gasteiger partial charge in [-0.3, -0.25) is 4.68 Å². The van der Waals surface area contributed by atoms with Crippen molar-refractivity contribution >= 4 is 11.8 Å². The fraction of sp³-hybridized carbons (Fsp3) is 0.571. The molecule has 2 aromatic heterocycles. The minimum absolute atomic E-state index is 0.251. The van der Waals surface area contributed by atoms with Gasteiger partial charge in [0.1, 0.15) is 17.6 Å². The van der Waals surface area contributed by atoms with Gasteiger partial charge in [-0.05, 0) is 32.4 Å². The Morgan fingerprint density at radius 1 is 1.30 bits per heavy atom. The normalized spacial score (nSPS) is 22.7. The fourth-order valence-corrected chi connectivity index (χ4v) is 4.24. The molecule has 0 radical (unpaired) electrons. The number of aliphatic hydroxyl groups is 1. The third kappa shape index (κ3) is 3.34. The Bertz CT molecular complexity index is 948. The zero-order chi connectivity index (χ0) is 21.6. The van der Waals surface area contributed by atoms with Gasteiger partial charge in [-0.15, -0.1) is 0 Å². The minimum atomic E-state index is -2.53. The van der Waals surface area contributed by atoms with Crippen LogP contribution in [0.5, 0.6) is 0 Å². The highest BCUT2D eigenvalue weighted by molar-refractivity contribution is 5.87. The van der Waals surface area contributed by atoms with E-state index in [9.17, 15) is 18.7 Å². The molecule has 0 amide bonds. The number of rotatable bonds is 7. The molecule has 9 heteroatoms. The molecule has 2 aliphatic rings. The van der Waals surface area contributed by atoms with Crippen LogP contribution in [0.2, 0.25) is 0 Å². The number of ether oxygens (including phenoxy) is 1. The molecule has 1 N–H and O–H groups in total. The van der Waals surface area contributed by atoms with Crippen molar-refractivity contribution in [1.82, 2.24) is 14.8 Å². The predicted molar refractivity (Wildman–Crippen MR) is 106 cm³/mol. The van der Waals surface area contributed by atoms with E-state index in [1.807, 2.05) is 18.7 Å². The third-order valence-electron chi connectivity index (χ3n) is 6.01. The summed E-state index contributed by atoms with van der Waals surface area (Å²) >= 11 is 0. The number of anilines is 1. The van der Waals surface area contributed by atoms with Gasteiger partial charge in [0, 0.05) is 30.9 Å². The van der Waals surface area contributed by atoms with Crippen molar-refractivity contribution in [2.45, 2.75) is 45.8 Å². The molecule has 3 atom stereocenters. The molecule has 1 saturated heterocycles. The summed E-state index contributed by atoms with van der Waals surface area (Å²) in [6.45, 7) is 6.82. The van der Waals surface area contributed by atoms with Crippen LogP contribution in [0.3, 0.4) is 0 Å². The maximum Gasteiger partial charge on any atom is 0.356 e. The Kier molecular flexibility index (Phi) is 5.25. The largest absolute Gasteiger partial charge is 0.461 e. The number of aromatic nitrogens is 3. The number of fused-ring (bicyclic) bond motifs is 1. The number of carbonyl (C=O) groups is 1. The molecule has 4 rings (SSSR count). The summed E-state index contributed by atoms with van der Waals surface area (Å²) < 4.78 is 33.5. The van der Waals surface area contributed by atoms with E-state index >= 15 is 0 Å². The van der Waals surface area contributed by atoms with Crippen LogP contribution < -0.4 is 4.90 Å². The highest BCUT2D eigenvalue weighted by Gasteiger charge is 2.71. The lowest BCUT2D eigenvalue weighted by atomic mass is 10.0. The average molecular weight is 420 g/mol. The van der Waals surface area contributed by atoms with Gasteiger partial charge in [-0.25, -0.2) is 18.6 Å². The fourth-order valence-electron chi connectivity index (χ4n) is 4.24. The number of halogens is 2. The van der Waals surface area contributed by atoms with Gasteiger partial charge in [0.25, 0.3) is 5.92 Å². The number of aliphatic hydroxyl groups excluding tert-OH is 1. The highest BCUT2D eigenvalue weighted by Crippen LogP contribution is 2.59.